The van der Waals surface area contributed by atoms with Gasteiger partial charge in [0.15, 0.2) is 0 Å². The first-order chi connectivity index (χ1) is 11.1. The van der Waals surface area contributed by atoms with Crippen LogP contribution in [-0.2, 0) is 0 Å². The van der Waals surface area contributed by atoms with Crippen LogP contribution in [0.3, 0.4) is 0 Å². The van der Waals surface area contributed by atoms with Gasteiger partial charge in [-0.3, -0.25) is 0 Å². The van der Waals surface area contributed by atoms with Crippen molar-refractivity contribution >= 4 is 23.1 Å². The summed E-state index contributed by atoms with van der Waals surface area (Å²) in [4.78, 5) is 17.1. The van der Waals surface area contributed by atoms with Gasteiger partial charge in [-0.2, -0.15) is 0 Å². The summed E-state index contributed by atoms with van der Waals surface area (Å²) in [7, 11) is 0. The fraction of sp³-hybridized carbons (Fsp3) is 0.389. The van der Waals surface area contributed by atoms with E-state index in [0.29, 0.717) is 5.69 Å². The Morgan fingerprint density at radius 2 is 2.13 bits per heavy atom. The van der Waals surface area contributed by atoms with Gasteiger partial charge in [-0.15, -0.1) is 11.3 Å². The van der Waals surface area contributed by atoms with Crippen LogP contribution in [0.25, 0.3) is 0 Å². The molecule has 1 saturated heterocycles. The van der Waals surface area contributed by atoms with Gasteiger partial charge in [-0.25, -0.2) is 9.18 Å². The lowest BCUT2D eigenvalue weighted by Crippen LogP contribution is -2.37. The van der Waals surface area contributed by atoms with E-state index in [0.717, 1.165) is 32.2 Å². The minimum atomic E-state index is -0.343. The molecule has 0 saturated carbocycles. The number of thiophene rings is 1. The lowest BCUT2D eigenvalue weighted by Gasteiger charge is -2.29. The van der Waals surface area contributed by atoms with Crippen molar-refractivity contribution in [2.24, 2.45) is 0 Å². The second-order valence-electron chi connectivity index (χ2n) is 5.95. The van der Waals surface area contributed by atoms with Gasteiger partial charge in [0, 0.05) is 22.0 Å². The van der Waals surface area contributed by atoms with Crippen LogP contribution in [0.1, 0.15) is 41.5 Å². The van der Waals surface area contributed by atoms with Crippen LogP contribution in [0.5, 0.6) is 0 Å². The number of carbonyl (C=O) groups is 1. The summed E-state index contributed by atoms with van der Waals surface area (Å²) in [6, 6.07) is 10.2. The summed E-state index contributed by atoms with van der Waals surface area (Å²) in [6.45, 7) is 2.82. The number of aryl methyl sites for hydroxylation is 1. The quantitative estimate of drug-likeness (QED) is 0.790. The maximum Gasteiger partial charge on any atom is 0.322 e. The zero-order chi connectivity index (χ0) is 16.2. The van der Waals surface area contributed by atoms with Gasteiger partial charge in [0.05, 0.1) is 6.04 Å². The molecule has 1 fully saturated rings. The summed E-state index contributed by atoms with van der Waals surface area (Å²) in [6.07, 6.45) is 4.27. The number of likely N-dealkylation sites (tertiary alicyclic amines) is 1. The number of amides is 2. The van der Waals surface area contributed by atoms with E-state index in [9.17, 15) is 9.18 Å². The van der Waals surface area contributed by atoms with Crippen LogP contribution < -0.4 is 5.32 Å². The van der Waals surface area contributed by atoms with Crippen molar-refractivity contribution in [1.82, 2.24) is 4.90 Å². The summed E-state index contributed by atoms with van der Waals surface area (Å²) < 4.78 is 13.3. The summed E-state index contributed by atoms with van der Waals surface area (Å²) >= 11 is 1.75. The number of urea groups is 1. The van der Waals surface area contributed by atoms with Gasteiger partial charge in [0.25, 0.3) is 0 Å². The monoisotopic (exact) mass is 332 g/mol. The third-order valence-electron chi connectivity index (χ3n) is 4.18. The SMILES string of the molecule is Cc1ccc([C@@H]2CCCCCN2C(=O)Nc2cccc(F)c2)s1. The molecule has 1 N–H and O–H groups in total. The molecule has 1 aromatic heterocycles. The van der Waals surface area contributed by atoms with E-state index in [2.05, 4.69) is 24.4 Å². The lowest BCUT2D eigenvalue weighted by atomic mass is 10.1. The number of halogens is 1. The van der Waals surface area contributed by atoms with E-state index in [1.807, 2.05) is 4.90 Å². The molecule has 0 radical (unpaired) electrons. The van der Waals surface area contributed by atoms with Gasteiger partial charge in [0.2, 0.25) is 0 Å². The minimum absolute atomic E-state index is 0.116. The minimum Gasteiger partial charge on any atom is -0.317 e. The number of anilines is 1. The number of hydrogen-bond donors (Lipinski definition) is 1. The van der Waals surface area contributed by atoms with Crippen LogP contribution in [0, 0.1) is 12.7 Å². The van der Waals surface area contributed by atoms with E-state index in [1.165, 1.54) is 21.9 Å². The molecule has 1 aromatic carbocycles. The molecule has 0 unspecified atom stereocenters. The number of carbonyl (C=O) groups excluding carboxylic acids is 1. The highest BCUT2D eigenvalue weighted by molar-refractivity contribution is 7.12. The van der Waals surface area contributed by atoms with Crippen molar-refractivity contribution in [3.63, 3.8) is 0 Å². The number of hydrogen-bond acceptors (Lipinski definition) is 2. The van der Waals surface area contributed by atoms with Crippen LogP contribution in [0.4, 0.5) is 14.9 Å². The van der Waals surface area contributed by atoms with Crippen molar-refractivity contribution in [3.8, 4) is 0 Å². The van der Waals surface area contributed by atoms with E-state index < -0.39 is 0 Å². The number of rotatable bonds is 2. The van der Waals surface area contributed by atoms with Gasteiger partial charge in [-0.05, 0) is 50.1 Å². The third-order valence-corrected chi connectivity index (χ3v) is 5.28. The topological polar surface area (TPSA) is 32.3 Å². The molecule has 1 aliphatic heterocycles. The maximum atomic E-state index is 13.3. The molecule has 0 bridgehead atoms. The highest BCUT2D eigenvalue weighted by Gasteiger charge is 2.27. The van der Waals surface area contributed by atoms with Crippen LogP contribution in [0.2, 0.25) is 0 Å². The Labute approximate surface area is 140 Å². The normalized spacial score (nSPS) is 18.5. The molecule has 0 spiro atoms. The maximum absolute atomic E-state index is 13.3. The molecule has 5 heteroatoms. The first kappa shape index (κ1) is 16.0. The predicted octanol–water partition coefficient (Wildman–Crippen LogP) is 5.34. The Morgan fingerprint density at radius 3 is 2.87 bits per heavy atom. The van der Waals surface area contributed by atoms with Gasteiger partial charge in [0.1, 0.15) is 5.82 Å². The Bertz CT molecular complexity index is 685. The summed E-state index contributed by atoms with van der Waals surface area (Å²) in [5.74, 6) is -0.343. The molecule has 3 nitrogen and oxygen atoms in total. The molecular formula is C18H21FN2OS. The summed E-state index contributed by atoms with van der Waals surface area (Å²) in [5.41, 5.74) is 0.500. The van der Waals surface area contributed by atoms with Crippen molar-refractivity contribution < 1.29 is 9.18 Å². The fourth-order valence-corrected chi connectivity index (χ4v) is 4.07. The third kappa shape index (κ3) is 3.91. The van der Waals surface area contributed by atoms with E-state index >= 15 is 0 Å². The first-order valence-corrected chi connectivity index (χ1v) is 8.84. The van der Waals surface area contributed by atoms with Crippen molar-refractivity contribution in [1.29, 1.82) is 0 Å². The zero-order valence-corrected chi connectivity index (χ0v) is 14.0. The highest BCUT2D eigenvalue weighted by Crippen LogP contribution is 2.34. The van der Waals surface area contributed by atoms with E-state index in [1.54, 1.807) is 23.5 Å². The van der Waals surface area contributed by atoms with Crippen LogP contribution in [0.15, 0.2) is 36.4 Å². The molecule has 1 aliphatic rings. The number of nitrogens with one attached hydrogen (secondary N) is 1. The smallest absolute Gasteiger partial charge is 0.317 e. The average molecular weight is 332 g/mol. The van der Waals surface area contributed by atoms with Gasteiger partial charge >= 0.3 is 6.03 Å². The van der Waals surface area contributed by atoms with Crippen LogP contribution >= 0.6 is 11.3 Å². The second kappa shape index (κ2) is 7.13. The van der Waals surface area contributed by atoms with Crippen molar-refractivity contribution in [3.05, 3.63) is 52.0 Å². The Morgan fingerprint density at radius 1 is 1.26 bits per heavy atom. The van der Waals surface area contributed by atoms with Crippen molar-refractivity contribution in [2.45, 2.75) is 38.6 Å². The van der Waals surface area contributed by atoms with E-state index in [4.69, 9.17) is 0 Å². The fourth-order valence-electron chi connectivity index (χ4n) is 3.04. The molecule has 0 aliphatic carbocycles. The van der Waals surface area contributed by atoms with E-state index in [-0.39, 0.29) is 17.9 Å². The average Bonchev–Trinajstić information content (AvgIpc) is 2.81. The first-order valence-electron chi connectivity index (χ1n) is 8.03. The van der Waals surface area contributed by atoms with Gasteiger partial charge in [-0.1, -0.05) is 18.9 Å². The molecule has 3 rings (SSSR count). The van der Waals surface area contributed by atoms with Crippen LogP contribution in [-0.4, -0.2) is 17.5 Å². The predicted molar refractivity (Wildman–Crippen MR) is 92.4 cm³/mol. The molecular weight excluding hydrogens is 311 g/mol. The van der Waals surface area contributed by atoms with Gasteiger partial charge < -0.3 is 10.2 Å². The zero-order valence-electron chi connectivity index (χ0n) is 13.2. The second-order valence-corrected chi connectivity index (χ2v) is 7.27. The molecule has 2 amide bonds. The molecule has 1 atom stereocenters. The molecule has 122 valence electrons. The Balaban J connectivity index is 1.80. The lowest BCUT2D eigenvalue weighted by molar-refractivity contribution is 0.190. The molecule has 23 heavy (non-hydrogen) atoms. The number of benzene rings is 1. The Kier molecular flexibility index (Phi) is 4.96. The molecule has 2 aromatic rings. The standard InChI is InChI=1S/C18H21FN2OS/c1-13-9-10-17(23-13)16-8-3-2-4-11-21(16)18(22)20-15-7-5-6-14(19)12-15/h5-7,9-10,12,16H,2-4,8,11H2,1H3,(H,20,22)/t16-/m0/s1. The Hall–Kier alpha value is -1.88. The largest absolute Gasteiger partial charge is 0.322 e. The highest BCUT2D eigenvalue weighted by atomic mass is 32.1. The molecule has 2 heterocycles. The number of nitrogens with zero attached hydrogens (tertiary/aromatic N) is 1. The summed E-state index contributed by atoms with van der Waals surface area (Å²) in [5, 5.41) is 2.84. The van der Waals surface area contributed by atoms with Crippen molar-refractivity contribution in [2.75, 3.05) is 11.9 Å².